The maximum absolute atomic E-state index is 11.6. The molecular weight excluding hydrogens is 356 g/mol. The molecule has 1 heterocycles. The Kier molecular flexibility index (Phi) is 7.20. The largest absolute Gasteiger partial charge is 0.455 e. The van der Waals surface area contributed by atoms with E-state index in [0.717, 1.165) is 0 Å². The SMILES string of the molecule is COCCCNC(=O)C(=O)N/N=C/c1ccc(-c2cccc([N+](=O)[O-])c2)o1. The molecule has 2 amide bonds. The fraction of sp³-hybridized carbons (Fsp3) is 0.235. The molecule has 0 aliphatic carbocycles. The summed E-state index contributed by atoms with van der Waals surface area (Å²) in [6.07, 6.45) is 1.81. The Morgan fingerprint density at radius 1 is 1.30 bits per heavy atom. The van der Waals surface area contributed by atoms with E-state index in [1.54, 1.807) is 31.4 Å². The lowest BCUT2D eigenvalue weighted by atomic mass is 10.1. The van der Waals surface area contributed by atoms with Crippen molar-refractivity contribution in [3.8, 4) is 11.3 Å². The molecule has 1 aromatic carbocycles. The maximum Gasteiger partial charge on any atom is 0.329 e. The maximum atomic E-state index is 11.6. The van der Waals surface area contributed by atoms with E-state index in [-0.39, 0.29) is 5.69 Å². The van der Waals surface area contributed by atoms with E-state index in [4.69, 9.17) is 9.15 Å². The van der Waals surface area contributed by atoms with Gasteiger partial charge in [-0.1, -0.05) is 12.1 Å². The Labute approximate surface area is 154 Å². The molecule has 0 spiro atoms. The van der Waals surface area contributed by atoms with Crippen molar-refractivity contribution >= 4 is 23.7 Å². The minimum absolute atomic E-state index is 0.0529. The van der Waals surface area contributed by atoms with Gasteiger partial charge < -0.3 is 14.5 Å². The van der Waals surface area contributed by atoms with Gasteiger partial charge in [0.25, 0.3) is 5.69 Å². The Bertz CT molecular complexity index is 845. The summed E-state index contributed by atoms with van der Waals surface area (Å²) in [6, 6.07) is 9.18. The number of carbonyl (C=O) groups excluding carboxylic acids is 2. The predicted octanol–water partition coefficient (Wildman–Crippen LogP) is 1.46. The molecule has 0 fully saturated rings. The van der Waals surface area contributed by atoms with Gasteiger partial charge in [-0.25, -0.2) is 5.43 Å². The smallest absolute Gasteiger partial charge is 0.329 e. The van der Waals surface area contributed by atoms with Crippen LogP contribution in [0.15, 0.2) is 45.9 Å². The molecule has 0 atom stereocenters. The fourth-order valence-electron chi connectivity index (χ4n) is 2.05. The summed E-state index contributed by atoms with van der Waals surface area (Å²) in [7, 11) is 1.54. The predicted molar refractivity (Wildman–Crippen MR) is 96.0 cm³/mol. The third-order valence-electron chi connectivity index (χ3n) is 3.34. The van der Waals surface area contributed by atoms with E-state index in [1.165, 1.54) is 18.3 Å². The second-order valence-electron chi connectivity index (χ2n) is 5.31. The van der Waals surface area contributed by atoms with E-state index < -0.39 is 16.7 Å². The zero-order valence-electron chi connectivity index (χ0n) is 14.5. The van der Waals surface area contributed by atoms with E-state index >= 15 is 0 Å². The topological polar surface area (TPSA) is 136 Å². The van der Waals surface area contributed by atoms with Crippen LogP contribution < -0.4 is 10.7 Å². The molecule has 0 saturated heterocycles. The first-order valence-corrected chi connectivity index (χ1v) is 7.96. The van der Waals surface area contributed by atoms with Crippen molar-refractivity contribution in [2.45, 2.75) is 6.42 Å². The molecule has 2 aromatic rings. The highest BCUT2D eigenvalue weighted by Gasteiger charge is 2.12. The number of hydrogen-bond donors (Lipinski definition) is 2. The van der Waals surface area contributed by atoms with Crippen LogP contribution >= 0.6 is 0 Å². The summed E-state index contributed by atoms with van der Waals surface area (Å²) in [6.45, 7) is 0.792. The number of methoxy groups -OCH3 is 1. The molecule has 142 valence electrons. The van der Waals surface area contributed by atoms with Crippen LogP contribution in [0.2, 0.25) is 0 Å². The molecule has 0 saturated carbocycles. The Hall–Kier alpha value is -3.53. The number of carbonyl (C=O) groups is 2. The van der Waals surface area contributed by atoms with Crippen molar-refractivity contribution in [2.24, 2.45) is 5.10 Å². The van der Waals surface area contributed by atoms with E-state index in [0.29, 0.717) is 36.7 Å². The fourth-order valence-corrected chi connectivity index (χ4v) is 2.05. The van der Waals surface area contributed by atoms with Gasteiger partial charge in [-0.2, -0.15) is 5.10 Å². The standard InChI is InChI=1S/C17H18N4O6/c1-26-9-3-8-18-16(22)17(23)20-19-11-14-6-7-15(27-14)12-4-2-5-13(10-12)21(24)25/h2,4-7,10-11H,3,8-9H2,1H3,(H,18,22)(H,20,23)/b19-11+. The first-order valence-electron chi connectivity index (χ1n) is 7.96. The van der Waals surface area contributed by atoms with Gasteiger partial charge in [0.15, 0.2) is 0 Å². The van der Waals surface area contributed by atoms with Crippen LogP contribution in [0.3, 0.4) is 0 Å². The van der Waals surface area contributed by atoms with Crippen LogP contribution in [0.5, 0.6) is 0 Å². The molecule has 2 N–H and O–H groups in total. The van der Waals surface area contributed by atoms with Crippen molar-refractivity contribution in [1.82, 2.24) is 10.7 Å². The van der Waals surface area contributed by atoms with Crippen LogP contribution in [0.1, 0.15) is 12.2 Å². The van der Waals surface area contributed by atoms with Crippen LogP contribution in [-0.2, 0) is 14.3 Å². The average Bonchev–Trinajstić information content (AvgIpc) is 3.14. The van der Waals surface area contributed by atoms with Gasteiger partial charge in [0.2, 0.25) is 0 Å². The lowest BCUT2D eigenvalue weighted by Crippen LogP contribution is -2.38. The van der Waals surface area contributed by atoms with Gasteiger partial charge in [0.05, 0.1) is 11.1 Å². The van der Waals surface area contributed by atoms with Crippen LogP contribution in [0.25, 0.3) is 11.3 Å². The highest BCUT2D eigenvalue weighted by Crippen LogP contribution is 2.25. The van der Waals surface area contributed by atoms with E-state index in [9.17, 15) is 19.7 Å². The Morgan fingerprint density at radius 3 is 2.85 bits per heavy atom. The number of benzene rings is 1. The van der Waals surface area contributed by atoms with Crippen molar-refractivity contribution < 1.29 is 23.7 Å². The van der Waals surface area contributed by atoms with Gasteiger partial charge >= 0.3 is 11.8 Å². The monoisotopic (exact) mass is 374 g/mol. The van der Waals surface area contributed by atoms with Crippen LogP contribution in [0.4, 0.5) is 5.69 Å². The number of non-ortho nitro benzene ring substituents is 1. The van der Waals surface area contributed by atoms with E-state index in [1.807, 2.05) is 0 Å². The number of nitro groups is 1. The number of rotatable bonds is 8. The second kappa shape index (κ2) is 9.82. The number of nitrogens with zero attached hydrogens (tertiary/aromatic N) is 2. The number of nitro benzene ring substituents is 1. The summed E-state index contributed by atoms with van der Waals surface area (Å²) in [5.74, 6) is -1.01. The normalized spacial score (nSPS) is 10.7. The van der Waals surface area contributed by atoms with Crippen molar-refractivity contribution in [3.05, 3.63) is 52.3 Å². The number of ether oxygens (including phenoxy) is 1. The summed E-state index contributed by atoms with van der Waals surface area (Å²) < 4.78 is 10.3. The molecule has 0 radical (unpaired) electrons. The number of furan rings is 1. The lowest BCUT2D eigenvalue weighted by molar-refractivity contribution is -0.384. The molecule has 0 aliphatic heterocycles. The number of hydrogen-bond acceptors (Lipinski definition) is 7. The summed E-state index contributed by atoms with van der Waals surface area (Å²) >= 11 is 0. The molecule has 10 nitrogen and oxygen atoms in total. The molecule has 0 aliphatic rings. The van der Waals surface area contributed by atoms with Gasteiger partial charge in [-0.05, 0) is 18.6 Å². The lowest BCUT2D eigenvalue weighted by Gasteiger charge is -2.02. The van der Waals surface area contributed by atoms with Gasteiger partial charge in [0.1, 0.15) is 11.5 Å². The minimum Gasteiger partial charge on any atom is -0.455 e. The first-order chi connectivity index (χ1) is 13.0. The number of amides is 2. The van der Waals surface area contributed by atoms with Gasteiger partial charge in [0, 0.05) is 38.0 Å². The van der Waals surface area contributed by atoms with Crippen molar-refractivity contribution in [1.29, 1.82) is 0 Å². The number of nitrogens with one attached hydrogen (secondary N) is 2. The molecule has 10 heteroatoms. The molecule has 0 bridgehead atoms. The van der Waals surface area contributed by atoms with E-state index in [2.05, 4.69) is 15.8 Å². The third kappa shape index (κ3) is 6.04. The zero-order valence-corrected chi connectivity index (χ0v) is 14.5. The van der Waals surface area contributed by atoms with Crippen molar-refractivity contribution in [3.63, 3.8) is 0 Å². The van der Waals surface area contributed by atoms with Gasteiger partial charge in [-0.15, -0.1) is 0 Å². The average molecular weight is 374 g/mol. The summed E-state index contributed by atoms with van der Waals surface area (Å²) in [5, 5.41) is 16.9. The molecule has 1 aromatic heterocycles. The van der Waals surface area contributed by atoms with Crippen molar-refractivity contribution in [2.75, 3.05) is 20.3 Å². The first kappa shape index (κ1) is 19.8. The molecule has 27 heavy (non-hydrogen) atoms. The van der Waals surface area contributed by atoms with Crippen LogP contribution in [0, 0.1) is 10.1 Å². The molecule has 0 unspecified atom stereocenters. The molecule has 2 rings (SSSR count). The summed E-state index contributed by atoms with van der Waals surface area (Å²) in [4.78, 5) is 33.4. The number of hydrazone groups is 1. The third-order valence-corrected chi connectivity index (χ3v) is 3.34. The highest BCUT2D eigenvalue weighted by molar-refractivity contribution is 6.35. The van der Waals surface area contributed by atoms with Crippen LogP contribution in [-0.4, -0.2) is 43.2 Å². The second-order valence-corrected chi connectivity index (χ2v) is 5.31. The Morgan fingerprint density at radius 2 is 2.11 bits per heavy atom. The van der Waals surface area contributed by atoms with Gasteiger partial charge in [-0.3, -0.25) is 19.7 Å². The quantitative estimate of drug-likeness (QED) is 0.236. The highest BCUT2D eigenvalue weighted by atomic mass is 16.6. The Balaban J connectivity index is 1.90. The minimum atomic E-state index is -0.908. The molecular formula is C17H18N4O6. The summed E-state index contributed by atoms with van der Waals surface area (Å²) in [5.41, 5.74) is 2.56. The zero-order chi connectivity index (χ0) is 19.6.